The fourth-order valence-corrected chi connectivity index (χ4v) is 2.14. The van der Waals surface area contributed by atoms with E-state index in [1.807, 2.05) is 37.3 Å². The molecule has 0 amide bonds. The molecule has 2 aromatic rings. The number of carbonyl (C=O) groups is 1. The number of ketones is 1. The van der Waals surface area contributed by atoms with Crippen LogP contribution >= 0.6 is 0 Å². The lowest BCUT2D eigenvalue weighted by Crippen LogP contribution is -2.12. The zero-order chi connectivity index (χ0) is 11.1. The molecule has 1 fully saturated rings. The Morgan fingerprint density at radius 1 is 1.38 bits per heavy atom. The smallest absolute Gasteiger partial charge is 0.201 e. The molecule has 0 saturated heterocycles. The summed E-state index contributed by atoms with van der Waals surface area (Å²) in [5.41, 5.74) is 0.800. The van der Waals surface area contributed by atoms with Gasteiger partial charge in [0.15, 0.2) is 5.76 Å². The highest BCUT2D eigenvalue weighted by molar-refractivity contribution is 5.99. The Morgan fingerprint density at radius 3 is 2.81 bits per heavy atom. The van der Waals surface area contributed by atoms with E-state index in [0.717, 1.165) is 11.0 Å². The van der Waals surface area contributed by atoms with Crippen LogP contribution < -0.4 is 0 Å². The number of hydrogen-bond donors (Lipinski definition) is 0. The number of hydrogen-bond acceptors (Lipinski definition) is 2. The quantitative estimate of drug-likeness (QED) is 0.730. The summed E-state index contributed by atoms with van der Waals surface area (Å²) in [6, 6.07) is 9.60. The molecule has 16 heavy (non-hydrogen) atoms. The molecule has 0 N–H and O–H groups in total. The van der Waals surface area contributed by atoms with Crippen LogP contribution in [-0.4, -0.2) is 5.78 Å². The molecular formula is C14H14O2. The van der Waals surface area contributed by atoms with E-state index in [2.05, 4.69) is 0 Å². The maximum Gasteiger partial charge on any atom is 0.201 e. The summed E-state index contributed by atoms with van der Waals surface area (Å²) in [7, 11) is 0. The van der Waals surface area contributed by atoms with Crippen LogP contribution in [0.15, 0.2) is 34.7 Å². The van der Waals surface area contributed by atoms with E-state index in [1.54, 1.807) is 0 Å². The van der Waals surface area contributed by atoms with Crippen LogP contribution in [0.1, 0.15) is 30.3 Å². The Labute approximate surface area is 94.3 Å². The number of furan rings is 1. The van der Waals surface area contributed by atoms with Gasteiger partial charge in [-0.05, 0) is 30.9 Å². The number of benzene rings is 1. The van der Waals surface area contributed by atoms with Crippen LogP contribution in [0, 0.1) is 11.8 Å². The molecular weight excluding hydrogens is 200 g/mol. The van der Waals surface area contributed by atoms with Gasteiger partial charge in [0.05, 0.1) is 0 Å². The average Bonchev–Trinajstić information content (AvgIpc) is 3.06. The van der Waals surface area contributed by atoms with Crippen LogP contribution in [0.5, 0.6) is 0 Å². The first-order valence-electron chi connectivity index (χ1n) is 5.78. The van der Waals surface area contributed by atoms with Gasteiger partial charge in [0, 0.05) is 11.3 Å². The van der Waals surface area contributed by atoms with E-state index >= 15 is 0 Å². The molecule has 3 rings (SSSR count). The lowest BCUT2D eigenvalue weighted by molar-refractivity contribution is 0.0890. The molecule has 1 saturated carbocycles. The Morgan fingerprint density at radius 2 is 2.12 bits per heavy atom. The highest BCUT2D eigenvalue weighted by Crippen LogP contribution is 2.38. The van der Waals surface area contributed by atoms with Gasteiger partial charge in [-0.3, -0.25) is 4.79 Å². The maximum atomic E-state index is 12.1. The summed E-state index contributed by atoms with van der Waals surface area (Å²) in [5, 5.41) is 1.01. The van der Waals surface area contributed by atoms with Crippen LogP contribution in [0.3, 0.4) is 0 Å². The third-order valence-electron chi connectivity index (χ3n) is 3.41. The number of Topliss-reactive ketones (excluding diaryl/α,β-unsaturated/α-hetero) is 1. The molecule has 1 aromatic carbocycles. The number of fused-ring (bicyclic) bond motifs is 1. The first-order valence-corrected chi connectivity index (χ1v) is 5.78. The van der Waals surface area contributed by atoms with Gasteiger partial charge >= 0.3 is 0 Å². The van der Waals surface area contributed by atoms with Crippen LogP contribution in [-0.2, 0) is 0 Å². The van der Waals surface area contributed by atoms with Crippen molar-refractivity contribution in [2.24, 2.45) is 11.8 Å². The van der Waals surface area contributed by atoms with Gasteiger partial charge in [0.1, 0.15) is 5.58 Å². The summed E-state index contributed by atoms with van der Waals surface area (Å²) in [5.74, 6) is 1.36. The van der Waals surface area contributed by atoms with E-state index in [1.165, 1.54) is 12.8 Å². The minimum absolute atomic E-state index is 0.112. The number of rotatable bonds is 3. The van der Waals surface area contributed by atoms with Gasteiger partial charge in [0.25, 0.3) is 0 Å². The molecule has 0 spiro atoms. The molecule has 1 aromatic heterocycles. The molecule has 2 heteroatoms. The summed E-state index contributed by atoms with van der Waals surface area (Å²) in [6.45, 7) is 2.01. The van der Waals surface area contributed by atoms with Gasteiger partial charge in [-0.15, -0.1) is 0 Å². The minimum atomic E-state index is 0.112. The normalized spacial score (nSPS) is 17.6. The van der Waals surface area contributed by atoms with Crippen LogP contribution in [0.4, 0.5) is 0 Å². The van der Waals surface area contributed by atoms with Crippen molar-refractivity contribution in [3.63, 3.8) is 0 Å². The molecule has 82 valence electrons. The fourth-order valence-electron chi connectivity index (χ4n) is 2.14. The van der Waals surface area contributed by atoms with E-state index in [-0.39, 0.29) is 11.7 Å². The first-order chi connectivity index (χ1) is 7.75. The molecule has 1 heterocycles. The van der Waals surface area contributed by atoms with Crippen molar-refractivity contribution in [1.29, 1.82) is 0 Å². The van der Waals surface area contributed by atoms with Crippen LogP contribution in [0.2, 0.25) is 0 Å². The average molecular weight is 214 g/mol. The Kier molecular flexibility index (Phi) is 2.10. The van der Waals surface area contributed by atoms with Crippen molar-refractivity contribution >= 4 is 16.8 Å². The molecule has 1 aliphatic carbocycles. The topological polar surface area (TPSA) is 30.2 Å². The maximum absolute atomic E-state index is 12.1. The van der Waals surface area contributed by atoms with Gasteiger partial charge in [-0.1, -0.05) is 25.1 Å². The molecule has 0 bridgehead atoms. The zero-order valence-corrected chi connectivity index (χ0v) is 9.27. The third kappa shape index (κ3) is 1.54. The monoisotopic (exact) mass is 214 g/mol. The Bertz CT molecular complexity index is 501. The second kappa shape index (κ2) is 3.48. The van der Waals surface area contributed by atoms with Crippen LogP contribution in [0.25, 0.3) is 11.0 Å². The van der Waals surface area contributed by atoms with Crippen molar-refractivity contribution in [2.75, 3.05) is 0 Å². The van der Waals surface area contributed by atoms with Crippen molar-refractivity contribution in [2.45, 2.75) is 19.8 Å². The molecule has 0 radical (unpaired) electrons. The largest absolute Gasteiger partial charge is 0.453 e. The van der Waals surface area contributed by atoms with E-state index < -0.39 is 0 Å². The summed E-state index contributed by atoms with van der Waals surface area (Å²) in [6.07, 6.45) is 2.38. The van der Waals surface area contributed by atoms with Crippen molar-refractivity contribution in [3.05, 3.63) is 36.1 Å². The predicted molar refractivity (Wildman–Crippen MR) is 62.4 cm³/mol. The molecule has 1 aliphatic rings. The highest BCUT2D eigenvalue weighted by Gasteiger charge is 2.34. The number of carbonyl (C=O) groups excluding carboxylic acids is 1. The third-order valence-corrected chi connectivity index (χ3v) is 3.41. The number of para-hydroxylation sites is 1. The Balaban J connectivity index is 1.95. The molecule has 0 aliphatic heterocycles. The van der Waals surface area contributed by atoms with Gasteiger partial charge in [-0.2, -0.15) is 0 Å². The zero-order valence-electron chi connectivity index (χ0n) is 9.27. The van der Waals surface area contributed by atoms with Crippen molar-refractivity contribution < 1.29 is 9.21 Å². The summed E-state index contributed by atoms with van der Waals surface area (Å²) >= 11 is 0. The summed E-state index contributed by atoms with van der Waals surface area (Å²) in [4.78, 5) is 12.1. The van der Waals surface area contributed by atoms with Gasteiger partial charge in [0.2, 0.25) is 5.78 Å². The molecule has 1 unspecified atom stereocenters. The lowest BCUT2D eigenvalue weighted by Gasteiger charge is -2.04. The van der Waals surface area contributed by atoms with E-state index in [4.69, 9.17) is 4.42 Å². The van der Waals surface area contributed by atoms with Gasteiger partial charge in [-0.25, -0.2) is 0 Å². The van der Waals surface area contributed by atoms with Crippen molar-refractivity contribution in [3.8, 4) is 0 Å². The SMILES string of the molecule is CC(C(=O)c1cc2ccccc2o1)C1CC1. The second-order valence-corrected chi connectivity index (χ2v) is 4.64. The fraction of sp³-hybridized carbons (Fsp3) is 0.357. The molecule has 1 atom stereocenters. The van der Waals surface area contributed by atoms with E-state index in [9.17, 15) is 4.79 Å². The van der Waals surface area contributed by atoms with Crippen molar-refractivity contribution in [1.82, 2.24) is 0 Å². The Hall–Kier alpha value is -1.57. The second-order valence-electron chi connectivity index (χ2n) is 4.64. The van der Waals surface area contributed by atoms with E-state index in [0.29, 0.717) is 11.7 Å². The summed E-state index contributed by atoms with van der Waals surface area (Å²) < 4.78 is 5.58. The predicted octanol–water partition coefficient (Wildman–Crippen LogP) is 3.66. The first kappa shape index (κ1) is 9.64. The highest BCUT2D eigenvalue weighted by atomic mass is 16.3. The minimum Gasteiger partial charge on any atom is -0.453 e. The van der Waals surface area contributed by atoms with Gasteiger partial charge < -0.3 is 4.42 Å². The lowest BCUT2D eigenvalue weighted by atomic mass is 9.99. The standard InChI is InChI=1S/C14H14O2/c1-9(10-6-7-10)14(15)13-8-11-4-2-3-5-12(11)16-13/h2-5,8-10H,6-7H2,1H3. The molecule has 2 nitrogen and oxygen atoms in total.